The molecule has 2 heterocycles. The second-order valence-electron chi connectivity index (χ2n) is 7.40. The molecule has 0 bridgehead atoms. The van der Waals surface area contributed by atoms with Crippen LogP contribution in [0.5, 0.6) is 0 Å². The quantitative estimate of drug-likeness (QED) is 0.782. The van der Waals surface area contributed by atoms with E-state index < -0.39 is 36.2 Å². The van der Waals surface area contributed by atoms with E-state index in [-0.39, 0.29) is 13.1 Å². The van der Waals surface area contributed by atoms with Gasteiger partial charge in [0.25, 0.3) is 0 Å². The van der Waals surface area contributed by atoms with Crippen LogP contribution in [0.2, 0.25) is 0 Å². The molecule has 2 aromatic carbocycles. The first-order valence-electron chi connectivity index (χ1n) is 9.69. The fourth-order valence-electron chi connectivity index (χ4n) is 4.12. The summed E-state index contributed by atoms with van der Waals surface area (Å²) < 4.78 is 0. The molecule has 2 unspecified atom stereocenters. The van der Waals surface area contributed by atoms with Gasteiger partial charge in [0.2, 0.25) is 11.8 Å². The van der Waals surface area contributed by atoms with Crippen LogP contribution in [-0.2, 0) is 22.7 Å². The Hall–Kier alpha value is -3.68. The summed E-state index contributed by atoms with van der Waals surface area (Å²) in [6.07, 6.45) is -1.76. The fourth-order valence-corrected chi connectivity index (χ4v) is 4.12. The zero-order valence-corrected chi connectivity index (χ0v) is 16.8. The third-order valence-corrected chi connectivity index (χ3v) is 5.41. The normalized spacial score (nSPS) is 20.7. The highest BCUT2D eigenvalue weighted by Crippen LogP contribution is 2.37. The Balaban J connectivity index is 1.76. The molecule has 2 atom stereocenters. The van der Waals surface area contributed by atoms with Crippen molar-refractivity contribution >= 4 is 23.9 Å². The number of urea groups is 2. The van der Waals surface area contributed by atoms with E-state index in [4.69, 9.17) is 0 Å². The molecule has 0 spiro atoms. The smallest absolute Gasteiger partial charge is 0.295 e. The van der Waals surface area contributed by atoms with Gasteiger partial charge in [-0.25, -0.2) is 19.4 Å². The number of hydrogen-bond donors (Lipinski definition) is 0. The Morgan fingerprint density at radius 3 is 1.30 bits per heavy atom. The van der Waals surface area contributed by atoms with Crippen LogP contribution >= 0.6 is 0 Å². The first-order chi connectivity index (χ1) is 14.4. The molecule has 2 fully saturated rings. The van der Waals surface area contributed by atoms with Gasteiger partial charge in [0.05, 0.1) is 0 Å². The Morgan fingerprint density at radius 2 is 1.00 bits per heavy atom. The molecule has 8 heteroatoms. The Kier molecular flexibility index (Phi) is 4.99. The summed E-state index contributed by atoms with van der Waals surface area (Å²) in [5, 5.41) is 0. The number of imide groups is 2. The molecule has 2 saturated heterocycles. The van der Waals surface area contributed by atoms with Crippen LogP contribution in [0.1, 0.15) is 25.0 Å². The van der Waals surface area contributed by atoms with Crippen LogP contribution in [0.3, 0.4) is 0 Å². The molecule has 0 aromatic heterocycles. The minimum absolute atomic E-state index is 0.181. The molecule has 0 saturated carbocycles. The van der Waals surface area contributed by atoms with Gasteiger partial charge in [0.15, 0.2) is 12.3 Å². The van der Waals surface area contributed by atoms with Crippen LogP contribution < -0.4 is 0 Å². The highest BCUT2D eigenvalue weighted by Gasteiger charge is 2.61. The lowest BCUT2D eigenvalue weighted by Gasteiger charge is -2.27. The Bertz CT molecular complexity index is 913. The van der Waals surface area contributed by atoms with Gasteiger partial charge in [0.1, 0.15) is 0 Å². The zero-order valence-electron chi connectivity index (χ0n) is 16.8. The molecule has 0 N–H and O–H groups in total. The SMILES string of the molecule is CC(=O)N1C(=O)N(Cc2ccccc2)C2C1N(Cc1ccccc1)C(=O)N2C(C)=O. The van der Waals surface area contributed by atoms with Crippen LogP contribution in [0.25, 0.3) is 0 Å². The molecule has 8 nitrogen and oxygen atoms in total. The standard InChI is InChI=1S/C22H22N4O4/c1-15(27)25-19-20(24(21(25)29)14-18-11-7-4-8-12-18)26(16(2)28)22(30)23(19)13-17-9-5-3-6-10-17/h3-12,19-20H,13-14H2,1-2H3. The average molecular weight is 406 g/mol. The van der Waals surface area contributed by atoms with Gasteiger partial charge in [-0.15, -0.1) is 0 Å². The Labute approximate surface area is 174 Å². The van der Waals surface area contributed by atoms with Gasteiger partial charge in [-0.1, -0.05) is 60.7 Å². The second-order valence-corrected chi connectivity index (χ2v) is 7.40. The number of carbonyl (C=O) groups excluding carboxylic acids is 4. The third kappa shape index (κ3) is 3.20. The maximum Gasteiger partial charge on any atom is 0.330 e. The maximum atomic E-state index is 13.2. The summed E-state index contributed by atoms with van der Waals surface area (Å²) in [6.45, 7) is 2.95. The molecule has 4 rings (SSSR count). The number of amides is 6. The molecule has 154 valence electrons. The predicted octanol–water partition coefficient (Wildman–Crippen LogP) is 2.61. The van der Waals surface area contributed by atoms with Crippen molar-refractivity contribution in [1.29, 1.82) is 0 Å². The molecule has 0 aliphatic carbocycles. The number of nitrogens with zero attached hydrogens (tertiary/aromatic N) is 4. The molecule has 6 amide bonds. The van der Waals surface area contributed by atoms with E-state index in [0.29, 0.717) is 0 Å². The van der Waals surface area contributed by atoms with Crippen molar-refractivity contribution in [2.45, 2.75) is 39.3 Å². The molecule has 0 radical (unpaired) electrons. The number of carbonyl (C=O) groups is 4. The lowest BCUT2D eigenvalue weighted by atomic mass is 10.2. The van der Waals surface area contributed by atoms with Gasteiger partial charge >= 0.3 is 12.1 Å². The first kappa shape index (κ1) is 19.6. The highest BCUT2D eigenvalue weighted by molar-refractivity contribution is 6.01. The lowest BCUT2D eigenvalue weighted by molar-refractivity contribution is -0.131. The minimum Gasteiger partial charge on any atom is -0.295 e. The van der Waals surface area contributed by atoms with Crippen molar-refractivity contribution in [3.63, 3.8) is 0 Å². The molecular formula is C22H22N4O4. The van der Waals surface area contributed by atoms with Crippen molar-refractivity contribution in [3.05, 3.63) is 71.8 Å². The van der Waals surface area contributed by atoms with Crippen LogP contribution in [0, 0.1) is 0 Å². The van der Waals surface area contributed by atoms with Crippen molar-refractivity contribution in [3.8, 4) is 0 Å². The minimum atomic E-state index is -0.879. The summed E-state index contributed by atoms with van der Waals surface area (Å²) in [5.41, 5.74) is 1.68. The van der Waals surface area contributed by atoms with Crippen LogP contribution in [0.15, 0.2) is 60.7 Å². The molecule has 2 aliphatic heterocycles. The van der Waals surface area contributed by atoms with E-state index in [2.05, 4.69) is 0 Å². The largest absolute Gasteiger partial charge is 0.330 e. The third-order valence-electron chi connectivity index (χ3n) is 5.41. The van der Waals surface area contributed by atoms with E-state index in [1.807, 2.05) is 60.7 Å². The summed E-state index contributed by atoms with van der Waals surface area (Å²) in [4.78, 5) is 56.2. The monoisotopic (exact) mass is 406 g/mol. The lowest BCUT2D eigenvalue weighted by Crippen LogP contribution is -2.48. The molecule has 2 aromatic rings. The van der Waals surface area contributed by atoms with Crippen molar-refractivity contribution in [1.82, 2.24) is 19.6 Å². The van der Waals surface area contributed by atoms with Crippen LogP contribution in [0.4, 0.5) is 9.59 Å². The van der Waals surface area contributed by atoms with E-state index in [9.17, 15) is 19.2 Å². The maximum absolute atomic E-state index is 13.2. The number of fused-ring (bicyclic) bond motifs is 1. The number of hydrogen-bond acceptors (Lipinski definition) is 4. The molecule has 2 aliphatic rings. The van der Waals surface area contributed by atoms with Gasteiger partial charge in [-0.05, 0) is 11.1 Å². The van der Waals surface area contributed by atoms with Gasteiger partial charge in [-0.2, -0.15) is 0 Å². The highest BCUT2D eigenvalue weighted by atomic mass is 16.2. The van der Waals surface area contributed by atoms with Crippen molar-refractivity contribution < 1.29 is 19.2 Å². The van der Waals surface area contributed by atoms with E-state index in [0.717, 1.165) is 20.9 Å². The summed E-state index contributed by atoms with van der Waals surface area (Å²) in [7, 11) is 0. The summed E-state index contributed by atoms with van der Waals surface area (Å²) in [5.74, 6) is -0.941. The van der Waals surface area contributed by atoms with E-state index in [1.165, 1.54) is 23.6 Å². The summed E-state index contributed by atoms with van der Waals surface area (Å²) in [6, 6.07) is 17.5. The zero-order chi connectivity index (χ0) is 21.4. The average Bonchev–Trinajstić information content (AvgIpc) is 3.15. The van der Waals surface area contributed by atoms with Gasteiger partial charge in [0, 0.05) is 26.9 Å². The van der Waals surface area contributed by atoms with E-state index in [1.54, 1.807) is 0 Å². The van der Waals surface area contributed by atoms with Gasteiger partial charge in [-0.3, -0.25) is 19.4 Å². The first-order valence-corrected chi connectivity index (χ1v) is 9.69. The van der Waals surface area contributed by atoms with Crippen LogP contribution in [-0.4, -0.2) is 55.8 Å². The van der Waals surface area contributed by atoms with E-state index >= 15 is 0 Å². The van der Waals surface area contributed by atoms with Crippen molar-refractivity contribution in [2.24, 2.45) is 0 Å². The van der Waals surface area contributed by atoms with Crippen molar-refractivity contribution in [2.75, 3.05) is 0 Å². The Morgan fingerprint density at radius 1 is 0.667 bits per heavy atom. The molecular weight excluding hydrogens is 384 g/mol. The summed E-state index contributed by atoms with van der Waals surface area (Å²) >= 11 is 0. The number of rotatable bonds is 4. The predicted molar refractivity (Wildman–Crippen MR) is 107 cm³/mol. The number of benzene rings is 2. The topological polar surface area (TPSA) is 81.2 Å². The fraction of sp³-hybridized carbons (Fsp3) is 0.273. The van der Waals surface area contributed by atoms with Gasteiger partial charge < -0.3 is 0 Å². The molecule has 30 heavy (non-hydrogen) atoms. The second kappa shape index (κ2) is 7.62.